The summed E-state index contributed by atoms with van der Waals surface area (Å²) >= 11 is 0. The fourth-order valence-electron chi connectivity index (χ4n) is 5.18. The number of ether oxygens (including phenoxy) is 2. The van der Waals surface area contributed by atoms with Crippen molar-refractivity contribution < 1.29 is 23.9 Å². The van der Waals surface area contributed by atoms with Gasteiger partial charge in [0.15, 0.2) is 18.2 Å². The van der Waals surface area contributed by atoms with Gasteiger partial charge in [0.05, 0.1) is 12.8 Å². The summed E-state index contributed by atoms with van der Waals surface area (Å²) < 4.78 is 11.1. The third-order valence-corrected chi connectivity index (χ3v) is 6.73. The summed E-state index contributed by atoms with van der Waals surface area (Å²) in [7, 11) is 1.55. The molecule has 0 saturated carbocycles. The maximum atomic E-state index is 13.0. The Hall–Kier alpha value is -3.87. The molecule has 5 rings (SSSR count). The van der Waals surface area contributed by atoms with Crippen LogP contribution < -0.4 is 20.1 Å². The zero-order valence-corrected chi connectivity index (χ0v) is 19.7. The van der Waals surface area contributed by atoms with Crippen molar-refractivity contribution in [3.8, 4) is 11.5 Å². The maximum Gasteiger partial charge on any atom is 0.262 e. The number of ketones is 2. The van der Waals surface area contributed by atoms with Crippen molar-refractivity contribution in [2.45, 2.75) is 44.4 Å². The minimum Gasteiger partial charge on any atom is -0.495 e. The van der Waals surface area contributed by atoms with Crippen molar-refractivity contribution in [3.05, 3.63) is 76.6 Å². The van der Waals surface area contributed by atoms with Gasteiger partial charge in [0.25, 0.3) is 5.91 Å². The normalized spacial score (nSPS) is 18.0. The highest BCUT2D eigenvalue weighted by atomic mass is 16.5. The van der Waals surface area contributed by atoms with Crippen LogP contribution in [0.15, 0.2) is 71.1 Å². The van der Waals surface area contributed by atoms with Crippen molar-refractivity contribution >= 4 is 23.2 Å². The Bertz CT molecular complexity index is 1220. The predicted molar refractivity (Wildman–Crippen MR) is 131 cm³/mol. The number of rotatable bonds is 6. The number of anilines is 1. The number of methoxy groups -OCH3 is 1. The second-order valence-electron chi connectivity index (χ2n) is 9.01. The quantitative estimate of drug-likeness (QED) is 0.647. The Morgan fingerprint density at radius 2 is 1.63 bits per heavy atom. The van der Waals surface area contributed by atoms with Crippen molar-refractivity contribution in [2.24, 2.45) is 0 Å². The van der Waals surface area contributed by atoms with Gasteiger partial charge in [0.2, 0.25) is 0 Å². The molecule has 0 atom stereocenters. The Morgan fingerprint density at radius 1 is 0.943 bits per heavy atom. The molecule has 0 bridgehead atoms. The van der Waals surface area contributed by atoms with E-state index in [1.54, 1.807) is 25.3 Å². The van der Waals surface area contributed by atoms with Gasteiger partial charge in [0, 0.05) is 41.3 Å². The van der Waals surface area contributed by atoms with E-state index in [0.29, 0.717) is 41.2 Å². The number of hydrogen-bond acceptors (Lipinski definition) is 6. The van der Waals surface area contributed by atoms with E-state index >= 15 is 0 Å². The molecule has 0 spiro atoms. The Morgan fingerprint density at radius 3 is 2.31 bits per heavy atom. The molecule has 0 unspecified atom stereocenters. The summed E-state index contributed by atoms with van der Waals surface area (Å²) in [6, 6.07) is 14.5. The lowest BCUT2D eigenvalue weighted by atomic mass is 9.71. The van der Waals surface area contributed by atoms with E-state index in [1.807, 2.05) is 30.3 Å². The highest BCUT2D eigenvalue weighted by Crippen LogP contribution is 2.45. The van der Waals surface area contributed by atoms with Crippen molar-refractivity contribution in [2.75, 3.05) is 19.0 Å². The van der Waals surface area contributed by atoms with Crippen LogP contribution in [-0.2, 0) is 14.4 Å². The minimum absolute atomic E-state index is 0.0937. The molecule has 0 saturated heterocycles. The van der Waals surface area contributed by atoms with Crippen LogP contribution in [0.2, 0.25) is 0 Å². The van der Waals surface area contributed by atoms with Crippen molar-refractivity contribution in [1.82, 2.24) is 5.32 Å². The monoisotopic (exact) mass is 472 g/mol. The largest absolute Gasteiger partial charge is 0.495 e. The Kier molecular flexibility index (Phi) is 6.40. The number of carbonyl (C=O) groups excluding carboxylic acids is 3. The van der Waals surface area contributed by atoms with Crippen LogP contribution in [0.25, 0.3) is 0 Å². The van der Waals surface area contributed by atoms with Gasteiger partial charge in [-0.1, -0.05) is 24.3 Å². The summed E-state index contributed by atoms with van der Waals surface area (Å²) in [4.78, 5) is 38.5. The van der Waals surface area contributed by atoms with E-state index in [-0.39, 0.29) is 24.1 Å². The van der Waals surface area contributed by atoms with Crippen LogP contribution in [0.3, 0.4) is 0 Å². The molecule has 7 heteroatoms. The van der Waals surface area contributed by atoms with E-state index < -0.39 is 5.92 Å². The third-order valence-electron chi connectivity index (χ3n) is 6.73. The maximum absolute atomic E-state index is 13.0. The van der Waals surface area contributed by atoms with E-state index in [1.165, 1.54) is 0 Å². The molecule has 2 aromatic carbocycles. The Labute approximate surface area is 204 Å². The highest BCUT2D eigenvalue weighted by Gasteiger charge is 2.40. The van der Waals surface area contributed by atoms with Gasteiger partial charge in [-0.3, -0.25) is 14.4 Å². The van der Waals surface area contributed by atoms with Gasteiger partial charge in [0.1, 0.15) is 11.5 Å². The van der Waals surface area contributed by atoms with Gasteiger partial charge >= 0.3 is 0 Å². The van der Waals surface area contributed by atoms with Crippen molar-refractivity contribution in [1.29, 1.82) is 0 Å². The summed E-state index contributed by atoms with van der Waals surface area (Å²) in [5, 5.41) is 6.22. The number of carbonyl (C=O) groups is 3. The SMILES string of the molecule is COc1ccccc1NC(=O)COc1cccc(C2C3=C(CCCC3=O)NC3=C2C(=O)CCC3)c1. The first-order valence-corrected chi connectivity index (χ1v) is 12.0. The van der Waals surface area contributed by atoms with Crippen molar-refractivity contribution in [3.63, 3.8) is 0 Å². The lowest BCUT2D eigenvalue weighted by Crippen LogP contribution is -2.36. The molecule has 2 N–H and O–H groups in total. The van der Waals surface area contributed by atoms with E-state index in [2.05, 4.69) is 10.6 Å². The second-order valence-corrected chi connectivity index (χ2v) is 9.01. The molecule has 1 heterocycles. The molecule has 2 aliphatic carbocycles. The second kappa shape index (κ2) is 9.78. The van der Waals surface area contributed by atoms with Crippen LogP contribution in [-0.4, -0.2) is 31.2 Å². The van der Waals surface area contributed by atoms with Crippen LogP contribution in [0.1, 0.15) is 50.0 Å². The number of nitrogens with one attached hydrogen (secondary N) is 2. The minimum atomic E-state index is -0.396. The molecule has 3 aliphatic rings. The Balaban J connectivity index is 1.39. The standard InChI is InChI=1S/C28H28N2O5/c1-34-24-14-3-2-9-19(24)30-25(33)16-35-18-8-4-7-17(15-18)26-27-20(10-5-12-22(27)31)29-21-11-6-13-23(32)28(21)26/h2-4,7-9,14-15,26,29H,5-6,10-13,16H2,1H3,(H,30,33). The summed E-state index contributed by atoms with van der Waals surface area (Å²) in [6.45, 7) is -0.187. The zero-order valence-electron chi connectivity index (χ0n) is 19.7. The van der Waals surface area contributed by atoms with Crippen LogP contribution in [0.4, 0.5) is 5.69 Å². The van der Waals surface area contributed by atoms with Crippen LogP contribution in [0.5, 0.6) is 11.5 Å². The molecule has 2 aromatic rings. The lowest BCUT2D eigenvalue weighted by Gasteiger charge is -2.37. The number of para-hydroxylation sites is 2. The molecule has 0 aromatic heterocycles. The first-order valence-electron chi connectivity index (χ1n) is 12.0. The molecule has 0 radical (unpaired) electrons. The molecule has 180 valence electrons. The van der Waals surface area contributed by atoms with Gasteiger partial charge in [-0.05, 0) is 55.5 Å². The smallest absolute Gasteiger partial charge is 0.262 e. The molecule has 1 amide bonds. The molecule has 0 fully saturated rings. The van der Waals surface area contributed by atoms with E-state index in [4.69, 9.17) is 9.47 Å². The average Bonchev–Trinajstić information content (AvgIpc) is 2.87. The highest BCUT2D eigenvalue weighted by molar-refractivity contribution is 6.06. The van der Waals surface area contributed by atoms with Crippen LogP contribution >= 0.6 is 0 Å². The fourth-order valence-corrected chi connectivity index (χ4v) is 5.18. The number of hydrogen-bond donors (Lipinski definition) is 2. The average molecular weight is 473 g/mol. The van der Waals surface area contributed by atoms with Gasteiger partial charge in [-0.25, -0.2) is 0 Å². The fraction of sp³-hybridized carbons (Fsp3) is 0.321. The number of Topliss-reactive ketones (excluding diaryl/α,β-unsaturated/α-hetero) is 2. The zero-order chi connectivity index (χ0) is 24.4. The van der Waals surface area contributed by atoms with Gasteiger partial charge < -0.3 is 20.1 Å². The molecular formula is C28H28N2O5. The van der Waals surface area contributed by atoms with E-state index in [9.17, 15) is 14.4 Å². The first kappa shape index (κ1) is 22.9. The summed E-state index contributed by atoms with van der Waals surface area (Å²) in [6.07, 6.45) is 4.24. The molecule has 7 nitrogen and oxygen atoms in total. The molecular weight excluding hydrogens is 444 g/mol. The lowest BCUT2D eigenvalue weighted by molar-refractivity contribution is -0.118. The van der Waals surface area contributed by atoms with E-state index in [0.717, 1.165) is 42.6 Å². The molecule has 1 aliphatic heterocycles. The number of allylic oxidation sites excluding steroid dienone is 4. The summed E-state index contributed by atoms with van der Waals surface area (Å²) in [5.74, 6) is 0.546. The number of benzene rings is 2. The van der Waals surface area contributed by atoms with Gasteiger partial charge in [-0.15, -0.1) is 0 Å². The predicted octanol–water partition coefficient (Wildman–Crippen LogP) is 4.41. The summed E-state index contributed by atoms with van der Waals surface area (Å²) in [5.41, 5.74) is 4.70. The number of amides is 1. The van der Waals surface area contributed by atoms with Gasteiger partial charge in [-0.2, -0.15) is 0 Å². The molecule has 35 heavy (non-hydrogen) atoms. The first-order chi connectivity index (χ1) is 17.0. The van der Waals surface area contributed by atoms with Crippen LogP contribution in [0, 0.1) is 0 Å². The topological polar surface area (TPSA) is 93.7 Å². The number of dihydropyridines is 1. The third kappa shape index (κ3) is 4.58.